The molecule has 8 heteroatoms. The summed E-state index contributed by atoms with van der Waals surface area (Å²) in [5, 5.41) is 0. The van der Waals surface area contributed by atoms with Crippen LogP contribution in [0.3, 0.4) is 0 Å². The molecule has 6 rings (SSSR count). The molecule has 0 bridgehead atoms. The molecular weight excluding hydrogens is 408 g/mol. The van der Waals surface area contributed by atoms with Crippen LogP contribution >= 0.6 is 0 Å². The van der Waals surface area contributed by atoms with Crippen LogP contribution in [0.15, 0.2) is 59.9 Å². The van der Waals surface area contributed by atoms with E-state index in [1.165, 1.54) is 17.2 Å². The van der Waals surface area contributed by atoms with Crippen LogP contribution in [-0.2, 0) is 0 Å². The third-order valence-corrected chi connectivity index (χ3v) is 5.70. The molecule has 5 heterocycles. The number of aryl methyl sites for hydroxylation is 1. The Morgan fingerprint density at radius 2 is 1.94 bits per heavy atom. The van der Waals surface area contributed by atoms with Crippen LogP contribution in [0.4, 0.5) is 0 Å². The van der Waals surface area contributed by atoms with E-state index in [0.29, 0.717) is 46.9 Å². The van der Waals surface area contributed by atoms with Crippen molar-refractivity contribution >= 4 is 5.65 Å². The second-order valence-corrected chi connectivity index (χ2v) is 8.12. The minimum atomic E-state index is -0.259. The predicted octanol–water partition coefficient (Wildman–Crippen LogP) is 3.98. The lowest BCUT2D eigenvalue weighted by Gasteiger charge is -2.26. The highest BCUT2D eigenvalue weighted by atomic mass is 16.6. The fourth-order valence-electron chi connectivity index (χ4n) is 3.73. The molecule has 1 aliphatic heterocycles. The molecule has 0 radical (unpaired) electrons. The highest BCUT2D eigenvalue weighted by Crippen LogP contribution is 2.40. The topological polar surface area (TPSA) is 87.8 Å². The van der Waals surface area contributed by atoms with Gasteiger partial charge in [-0.1, -0.05) is 6.07 Å². The summed E-state index contributed by atoms with van der Waals surface area (Å²) in [5.41, 5.74) is 3.10. The monoisotopic (exact) mass is 428 g/mol. The van der Waals surface area contributed by atoms with Crippen molar-refractivity contribution < 1.29 is 14.2 Å². The minimum absolute atomic E-state index is 0.133. The zero-order chi connectivity index (χ0) is 21.7. The van der Waals surface area contributed by atoms with Crippen LogP contribution in [0, 0.1) is 6.92 Å². The Kier molecular flexibility index (Phi) is 4.31. The fraction of sp³-hybridized carbons (Fsp3) is 0.250. The summed E-state index contributed by atoms with van der Waals surface area (Å²) in [7, 11) is 0. The van der Waals surface area contributed by atoms with Crippen molar-refractivity contribution in [2.24, 2.45) is 0 Å². The number of hydrogen-bond acceptors (Lipinski definition) is 7. The van der Waals surface area contributed by atoms with Gasteiger partial charge in [0.15, 0.2) is 11.9 Å². The van der Waals surface area contributed by atoms with Crippen molar-refractivity contribution in [1.29, 1.82) is 0 Å². The molecule has 1 aliphatic carbocycles. The molecule has 0 N–H and O–H groups in total. The molecule has 1 saturated carbocycles. The first-order chi connectivity index (χ1) is 15.6. The van der Waals surface area contributed by atoms with Gasteiger partial charge in [-0.2, -0.15) is 0 Å². The maximum atomic E-state index is 12.3. The average molecular weight is 428 g/mol. The molecule has 4 aromatic rings. The Hall–Kier alpha value is -3.94. The van der Waals surface area contributed by atoms with Crippen LogP contribution in [-0.4, -0.2) is 26.0 Å². The Labute approximate surface area is 183 Å². The Bertz CT molecular complexity index is 1380. The van der Waals surface area contributed by atoms with Gasteiger partial charge >= 0.3 is 0 Å². The Morgan fingerprint density at radius 3 is 2.75 bits per heavy atom. The SMILES string of the molecule is Cc1cnc2ccc(Oc3cnc4c(c3)OC[C@H](c3ccc(C5CC5)nc3)O4)cn2c1=O. The molecule has 0 spiro atoms. The van der Waals surface area contributed by atoms with E-state index in [1.54, 1.807) is 43.7 Å². The molecule has 0 amide bonds. The smallest absolute Gasteiger partial charge is 0.260 e. The normalized spacial score (nSPS) is 17.3. The van der Waals surface area contributed by atoms with E-state index in [2.05, 4.69) is 27.1 Å². The summed E-state index contributed by atoms with van der Waals surface area (Å²) in [4.78, 5) is 25.5. The molecule has 0 aromatic carbocycles. The summed E-state index contributed by atoms with van der Waals surface area (Å²) in [6.45, 7) is 2.09. The summed E-state index contributed by atoms with van der Waals surface area (Å²) in [5.74, 6) is 2.51. The van der Waals surface area contributed by atoms with Gasteiger partial charge in [-0.05, 0) is 38.0 Å². The zero-order valence-corrected chi connectivity index (χ0v) is 17.4. The van der Waals surface area contributed by atoms with Gasteiger partial charge in [0.2, 0.25) is 0 Å². The summed E-state index contributed by atoms with van der Waals surface area (Å²) in [6, 6.07) is 9.34. The summed E-state index contributed by atoms with van der Waals surface area (Å²) >= 11 is 0. The van der Waals surface area contributed by atoms with Crippen molar-refractivity contribution in [2.75, 3.05) is 6.61 Å². The fourth-order valence-corrected chi connectivity index (χ4v) is 3.73. The van der Waals surface area contributed by atoms with Crippen molar-refractivity contribution in [3.63, 3.8) is 0 Å². The standard InChI is InChI=1S/C24H20N4O4/c1-14-9-26-22-7-5-17(12-28(22)24(14)29)31-18-8-20-23(27-11-18)32-21(13-30-20)16-4-6-19(25-10-16)15-2-3-15/h4-12,15,21H,2-3,13H2,1H3/t21-/m1/s1. The van der Waals surface area contributed by atoms with Crippen molar-refractivity contribution in [2.45, 2.75) is 31.8 Å². The molecule has 4 aromatic heterocycles. The van der Waals surface area contributed by atoms with Gasteiger partial charge in [-0.25, -0.2) is 9.97 Å². The molecule has 8 nitrogen and oxygen atoms in total. The quantitative estimate of drug-likeness (QED) is 0.486. The van der Waals surface area contributed by atoms with Crippen LogP contribution in [0.2, 0.25) is 0 Å². The maximum absolute atomic E-state index is 12.3. The van der Waals surface area contributed by atoms with E-state index >= 15 is 0 Å². The van der Waals surface area contributed by atoms with Crippen molar-refractivity contribution in [3.05, 3.63) is 82.3 Å². The minimum Gasteiger partial charge on any atom is -0.484 e. The zero-order valence-electron chi connectivity index (χ0n) is 17.4. The van der Waals surface area contributed by atoms with E-state index in [9.17, 15) is 4.79 Å². The number of hydrogen-bond donors (Lipinski definition) is 0. The van der Waals surface area contributed by atoms with Crippen LogP contribution in [0.5, 0.6) is 23.1 Å². The van der Waals surface area contributed by atoms with E-state index < -0.39 is 0 Å². The van der Waals surface area contributed by atoms with Gasteiger partial charge in [0, 0.05) is 41.2 Å². The second-order valence-electron chi connectivity index (χ2n) is 8.12. The lowest BCUT2D eigenvalue weighted by Crippen LogP contribution is -2.22. The second kappa shape index (κ2) is 7.33. The van der Waals surface area contributed by atoms with E-state index in [1.807, 2.05) is 6.20 Å². The third-order valence-electron chi connectivity index (χ3n) is 5.70. The van der Waals surface area contributed by atoms with Gasteiger partial charge in [-0.15, -0.1) is 0 Å². The predicted molar refractivity (Wildman–Crippen MR) is 116 cm³/mol. The number of pyridine rings is 3. The van der Waals surface area contributed by atoms with Crippen molar-refractivity contribution in [1.82, 2.24) is 19.4 Å². The van der Waals surface area contributed by atoms with Gasteiger partial charge in [-0.3, -0.25) is 14.2 Å². The molecule has 0 saturated heterocycles. The first-order valence-electron chi connectivity index (χ1n) is 10.6. The highest BCUT2D eigenvalue weighted by molar-refractivity contribution is 5.45. The number of ether oxygens (including phenoxy) is 3. The largest absolute Gasteiger partial charge is 0.484 e. The van der Waals surface area contributed by atoms with E-state index in [0.717, 1.165) is 11.3 Å². The molecular formula is C24H20N4O4. The first kappa shape index (κ1) is 18.8. The van der Waals surface area contributed by atoms with E-state index in [4.69, 9.17) is 14.2 Å². The van der Waals surface area contributed by atoms with Gasteiger partial charge < -0.3 is 14.2 Å². The van der Waals surface area contributed by atoms with Gasteiger partial charge in [0.1, 0.15) is 23.8 Å². The average Bonchev–Trinajstić information content (AvgIpc) is 3.67. The highest BCUT2D eigenvalue weighted by Gasteiger charge is 2.27. The number of nitrogens with zero attached hydrogens (tertiary/aromatic N) is 4. The van der Waals surface area contributed by atoms with Crippen LogP contribution in [0.1, 0.15) is 41.7 Å². The van der Waals surface area contributed by atoms with Crippen molar-refractivity contribution in [3.8, 4) is 23.1 Å². The number of rotatable bonds is 4. The molecule has 1 fully saturated rings. The van der Waals surface area contributed by atoms with Gasteiger partial charge in [0.25, 0.3) is 11.4 Å². The molecule has 32 heavy (non-hydrogen) atoms. The molecule has 2 aliphatic rings. The lowest BCUT2D eigenvalue weighted by molar-refractivity contribution is 0.0844. The summed E-state index contributed by atoms with van der Waals surface area (Å²) < 4.78 is 19.3. The molecule has 160 valence electrons. The van der Waals surface area contributed by atoms with Crippen LogP contribution < -0.4 is 19.8 Å². The Morgan fingerprint density at radius 1 is 1.03 bits per heavy atom. The number of aromatic nitrogens is 4. The van der Waals surface area contributed by atoms with Crippen LogP contribution in [0.25, 0.3) is 5.65 Å². The summed E-state index contributed by atoms with van der Waals surface area (Å²) in [6.07, 6.45) is 8.80. The molecule has 0 unspecified atom stereocenters. The Balaban J connectivity index is 1.21. The third kappa shape index (κ3) is 3.43. The van der Waals surface area contributed by atoms with Gasteiger partial charge in [0.05, 0.1) is 12.4 Å². The van der Waals surface area contributed by atoms with E-state index in [-0.39, 0.29) is 11.7 Å². The first-order valence-corrected chi connectivity index (χ1v) is 10.6. The molecule has 1 atom stereocenters. The number of fused-ring (bicyclic) bond motifs is 2. The lowest BCUT2D eigenvalue weighted by atomic mass is 10.1. The maximum Gasteiger partial charge on any atom is 0.260 e.